The van der Waals surface area contributed by atoms with E-state index in [0.29, 0.717) is 0 Å². The van der Waals surface area contributed by atoms with Crippen LogP contribution in [0.4, 0.5) is 0 Å². The molecule has 0 aromatic rings. The van der Waals surface area contributed by atoms with E-state index in [2.05, 4.69) is 86.8 Å². The highest BCUT2D eigenvalue weighted by Gasteiger charge is 1.75. The summed E-state index contributed by atoms with van der Waals surface area (Å²) in [7, 11) is 0. The van der Waals surface area contributed by atoms with Crippen molar-refractivity contribution in [2.24, 2.45) is 0 Å². The summed E-state index contributed by atoms with van der Waals surface area (Å²) < 4.78 is 0. The van der Waals surface area contributed by atoms with Crippen LogP contribution in [-0.2, 0) is 0 Å². The molecule has 0 aliphatic rings. The highest BCUT2D eigenvalue weighted by Crippen LogP contribution is 1.96. The summed E-state index contributed by atoms with van der Waals surface area (Å²) >= 11 is 0. The van der Waals surface area contributed by atoms with Crippen LogP contribution in [0.1, 0.15) is 58.8 Å². The van der Waals surface area contributed by atoms with Crippen LogP contribution in [0.15, 0.2) is 72.9 Å². The quantitative estimate of drug-likeness (QED) is 0.265. The maximum atomic E-state index is 2.26. The summed E-state index contributed by atoms with van der Waals surface area (Å²) in [5.41, 5.74) is 0. The maximum absolute atomic E-state index is 2.26. The van der Waals surface area contributed by atoms with Gasteiger partial charge in [-0.05, 0) is 38.5 Å². The zero-order valence-electron chi connectivity index (χ0n) is 13.9. The number of hydrogen-bond acceptors (Lipinski definition) is 0. The Bertz CT molecular complexity index is 361. The molecule has 0 nitrogen and oxygen atoms in total. The van der Waals surface area contributed by atoms with E-state index >= 15 is 0 Å². The molecule has 0 fully saturated rings. The minimum Gasteiger partial charge on any atom is -0.0885 e. The van der Waals surface area contributed by atoms with Gasteiger partial charge in [0.2, 0.25) is 0 Å². The Labute approximate surface area is 132 Å². The first-order chi connectivity index (χ1) is 10.4. The summed E-state index contributed by atoms with van der Waals surface area (Å²) in [6, 6.07) is 0. The molecule has 0 spiro atoms. The average Bonchev–Trinajstić information content (AvgIpc) is 2.50. The summed E-state index contributed by atoms with van der Waals surface area (Å²) in [4.78, 5) is 0. The Morgan fingerprint density at radius 3 is 1.38 bits per heavy atom. The predicted molar refractivity (Wildman–Crippen MR) is 98.5 cm³/mol. The van der Waals surface area contributed by atoms with Crippen LogP contribution in [0.2, 0.25) is 0 Å². The maximum Gasteiger partial charge on any atom is -0.0166 e. The fourth-order valence-corrected chi connectivity index (χ4v) is 1.66. The van der Waals surface area contributed by atoms with E-state index in [1.165, 1.54) is 12.8 Å². The smallest absolute Gasteiger partial charge is 0.0166 e. The lowest BCUT2D eigenvalue weighted by Crippen LogP contribution is -1.64. The first-order valence-corrected chi connectivity index (χ1v) is 8.33. The average molecular weight is 284 g/mol. The molecule has 0 heterocycles. The molecule has 21 heavy (non-hydrogen) atoms. The third kappa shape index (κ3) is 18.4. The first kappa shape index (κ1) is 19.4. The van der Waals surface area contributed by atoms with Crippen molar-refractivity contribution in [1.82, 2.24) is 0 Å². The van der Waals surface area contributed by atoms with Gasteiger partial charge < -0.3 is 0 Å². The molecule has 0 unspecified atom stereocenters. The fraction of sp³-hybridized carbons (Fsp3) is 0.429. The Kier molecular flexibility index (Phi) is 17.1. The van der Waals surface area contributed by atoms with Crippen LogP contribution in [0.3, 0.4) is 0 Å². The van der Waals surface area contributed by atoms with Gasteiger partial charge in [-0.25, -0.2) is 0 Å². The second-order valence-corrected chi connectivity index (χ2v) is 4.88. The van der Waals surface area contributed by atoms with E-state index in [1.54, 1.807) is 0 Å². The summed E-state index contributed by atoms with van der Waals surface area (Å²) in [5, 5.41) is 0. The molecule has 0 heteroatoms. The largest absolute Gasteiger partial charge is 0.0885 e. The number of unbranched alkanes of at least 4 members (excludes halogenated alkanes) is 1. The van der Waals surface area contributed by atoms with E-state index in [-0.39, 0.29) is 0 Å². The molecule has 0 aliphatic heterocycles. The van der Waals surface area contributed by atoms with Crippen LogP contribution >= 0.6 is 0 Å². The van der Waals surface area contributed by atoms with Gasteiger partial charge in [-0.2, -0.15) is 0 Å². The fourth-order valence-electron chi connectivity index (χ4n) is 1.66. The van der Waals surface area contributed by atoms with Gasteiger partial charge in [-0.3, -0.25) is 0 Å². The van der Waals surface area contributed by atoms with E-state index < -0.39 is 0 Å². The van der Waals surface area contributed by atoms with Crippen molar-refractivity contribution in [2.45, 2.75) is 58.8 Å². The number of hydrogen-bond donors (Lipinski definition) is 0. The van der Waals surface area contributed by atoms with Gasteiger partial charge in [0, 0.05) is 0 Å². The van der Waals surface area contributed by atoms with Crippen molar-refractivity contribution >= 4 is 0 Å². The van der Waals surface area contributed by atoms with Crippen LogP contribution in [0.25, 0.3) is 0 Å². The predicted octanol–water partition coefficient (Wildman–Crippen LogP) is 7.09. The van der Waals surface area contributed by atoms with Crippen molar-refractivity contribution in [3.63, 3.8) is 0 Å². The van der Waals surface area contributed by atoms with Gasteiger partial charge in [0.25, 0.3) is 0 Å². The molecule has 0 aromatic heterocycles. The molecular weight excluding hydrogens is 252 g/mol. The Morgan fingerprint density at radius 2 is 0.905 bits per heavy atom. The standard InChI is InChI=1S/C21H32/c1-3-5-7-9-11-13-15-17-19-21-20-18-16-14-12-10-8-6-4-2/h5,7-8,10-11,13-17,20-21H,3-4,6,9,12,18-19H2,1-2H3. The SMILES string of the molecule is CCC=CCC=CC=CCC=CCC=CCC=CCCC. The van der Waals surface area contributed by atoms with Crippen molar-refractivity contribution in [1.29, 1.82) is 0 Å². The minimum atomic E-state index is 1.01. The van der Waals surface area contributed by atoms with Gasteiger partial charge in [-0.1, -0.05) is 93.2 Å². The van der Waals surface area contributed by atoms with Crippen LogP contribution in [-0.4, -0.2) is 0 Å². The highest BCUT2D eigenvalue weighted by atomic mass is 13.8. The Hall–Kier alpha value is -1.56. The van der Waals surface area contributed by atoms with Crippen LogP contribution < -0.4 is 0 Å². The van der Waals surface area contributed by atoms with Crippen molar-refractivity contribution in [3.8, 4) is 0 Å². The lowest BCUT2D eigenvalue weighted by Gasteiger charge is -1.85. The number of allylic oxidation sites excluding steroid dienone is 12. The first-order valence-electron chi connectivity index (χ1n) is 8.33. The van der Waals surface area contributed by atoms with E-state index in [1.807, 2.05) is 0 Å². The molecule has 0 aliphatic carbocycles. The molecule has 0 aromatic carbocycles. The molecule has 0 amide bonds. The van der Waals surface area contributed by atoms with E-state index in [9.17, 15) is 0 Å². The van der Waals surface area contributed by atoms with E-state index in [0.717, 1.165) is 32.1 Å². The van der Waals surface area contributed by atoms with Gasteiger partial charge in [-0.15, -0.1) is 0 Å². The zero-order valence-corrected chi connectivity index (χ0v) is 13.9. The highest BCUT2D eigenvalue weighted by molar-refractivity contribution is 5.07. The summed E-state index contributed by atoms with van der Waals surface area (Å²) in [6.45, 7) is 4.36. The van der Waals surface area contributed by atoms with Crippen LogP contribution in [0.5, 0.6) is 0 Å². The lowest BCUT2D eigenvalue weighted by molar-refractivity contribution is 0.954. The molecule has 0 saturated carbocycles. The second kappa shape index (κ2) is 18.4. The molecular formula is C21H32. The van der Waals surface area contributed by atoms with Gasteiger partial charge in [0.15, 0.2) is 0 Å². The monoisotopic (exact) mass is 284 g/mol. The van der Waals surface area contributed by atoms with Crippen molar-refractivity contribution in [2.75, 3.05) is 0 Å². The molecule has 116 valence electrons. The third-order valence-electron chi connectivity index (χ3n) is 2.83. The third-order valence-corrected chi connectivity index (χ3v) is 2.83. The zero-order chi connectivity index (χ0) is 15.4. The normalized spacial score (nSPS) is 13.4. The van der Waals surface area contributed by atoms with Crippen molar-refractivity contribution < 1.29 is 0 Å². The molecule has 0 bridgehead atoms. The summed E-state index contributed by atoms with van der Waals surface area (Å²) in [6.07, 6.45) is 34.1. The van der Waals surface area contributed by atoms with Crippen LogP contribution in [0, 0.1) is 0 Å². The topological polar surface area (TPSA) is 0 Å². The number of rotatable bonds is 12. The van der Waals surface area contributed by atoms with Crippen molar-refractivity contribution in [3.05, 3.63) is 72.9 Å². The second-order valence-electron chi connectivity index (χ2n) is 4.88. The Balaban J connectivity index is 3.51. The van der Waals surface area contributed by atoms with Gasteiger partial charge in [0.05, 0.1) is 0 Å². The van der Waals surface area contributed by atoms with Gasteiger partial charge >= 0.3 is 0 Å². The molecule has 0 radical (unpaired) electrons. The lowest BCUT2D eigenvalue weighted by atomic mass is 10.2. The van der Waals surface area contributed by atoms with E-state index in [4.69, 9.17) is 0 Å². The minimum absolute atomic E-state index is 1.01. The molecule has 0 saturated heterocycles. The molecule has 0 rings (SSSR count). The molecule has 0 atom stereocenters. The summed E-state index contributed by atoms with van der Waals surface area (Å²) in [5.74, 6) is 0. The Morgan fingerprint density at radius 1 is 0.476 bits per heavy atom. The van der Waals surface area contributed by atoms with Gasteiger partial charge in [0.1, 0.15) is 0 Å². The molecule has 0 N–H and O–H groups in total.